The molecule has 1 aromatic heterocycles. The van der Waals surface area contributed by atoms with Gasteiger partial charge in [-0.2, -0.15) is 9.57 Å². The molecule has 35 heavy (non-hydrogen) atoms. The zero-order valence-electron chi connectivity index (χ0n) is 20.3. The van der Waals surface area contributed by atoms with E-state index in [1.807, 2.05) is 37.3 Å². The molecule has 1 aliphatic heterocycles. The molecule has 0 N–H and O–H groups in total. The zero-order chi connectivity index (χ0) is 24.8. The molecule has 7 nitrogen and oxygen atoms in total. The van der Waals surface area contributed by atoms with E-state index in [2.05, 4.69) is 17.6 Å². The molecule has 9 heteroatoms. The second kappa shape index (κ2) is 11.6. The van der Waals surface area contributed by atoms with Gasteiger partial charge in [0.05, 0.1) is 27.6 Å². The Morgan fingerprint density at radius 2 is 2.03 bits per heavy atom. The predicted octanol–water partition coefficient (Wildman–Crippen LogP) is 5.05. The van der Waals surface area contributed by atoms with Crippen LogP contribution in [-0.2, 0) is 27.1 Å². The van der Waals surface area contributed by atoms with Crippen LogP contribution >= 0.6 is 11.8 Å². The highest BCUT2D eigenvalue weighted by Crippen LogP contribution is 2.30. The smallest absolute Gasteiger partial charge is 0.243 e. The maximum Gasteiger partial charge on any atom is 0.243 e. The molecule has 0 spiro atoms. The fraction of sp³-hybridized carbons (Fsp3) is 0.462. The monoisotopic (exact) mass is 512 g/mol. The lowest BCUT2D eigenvalue weighted by molar-refractivity contribution is 0.141. The van der Waals surface area contributed by atoms with Gasteiger partial charge in [0.2, 0.25) is 10.0 Å². The van der Waals surface area contributed by atoms with Crippen molar-refractivity contribution < 1.29 is 13.2 Å². The Hall–Kier alpha value is -2.38. The maximum atomic E-state index is 13.3. The Morgan fingerprint density at radius 1 is 1.23 bits per heavy atom. The van der Waals surface area contributed by atoms with E-state index in [-0.39, 0.29) is 0 Å². The average molecular weight is 513 g/mol. The summed E-state index contributed by atoms with van der Waals surface area (Å²) in [5, 5.41) is 9.87. The van der Waals surface area contributed by atoms with E-state index in [9.17, 15) is 8.42 Å². The van der Waals surface area contributed by atoms with Gasteiger partial charge in [0.15, 0.2) is 5.16 Å². The molecule has 0 radical (unpaired) electrons. The van der Waals surface area contributed by atoms with Crippen LogP contribution in [0, 0.1) is 17.2 Å². The van der Waals surface area contributed by atoms with Gasteiger partial charge < -0.3 is 9.30 Å². The van der Waals surface area contributed by atoms with E-state index in [0.29, 0.717) is 53.9 Å². The lowest BCUT2D eigenvalue weighted by atomic mass is 10.0. The molecule has 2 aromatic carbocycles. The molecule has 0 aliphatic carbocycles. The first kappa shape index (κ1) is 25.7. The number of thioether (sulfide) groups is 1. The number of hydrogen-bond donors (Lipinski definition) is 0. The van der Waals surface area contributed by atoms with Gasteiger partial charge in [-0.25, -0.2) is 13.4 Å². The van der Waals surface area contributed by atoms with Crippen molar-refractivity contribution in [3.05, 3.63) is 53.6 Å². The predicted molar refractivity (Wildman–Crippen MR) is 139 cm³/mol. The number of benzene rings is 2. The summed E-state index contributed by atoms with van der Waals surface area (Å²) in [6.45, 7) is 7.31. The van der Waals surface area contributed by atoms with Gasteiger partial charge >= 0.3 is 0 Å². The van der Waals surface area contributed by atoms with Crippen LogP contribution in [0.15, 0.2) is 52.5 Å². The van der Waals surface area contributed by atoms with Crippen molar-refractivity contribution in [1.82, 2.24) is 13.9 Å². The van der Waals surface area contributed by atoms with Crippen LogP contribution in [0.1, 0.15) is 44.2 Å². The number of nitriles is 1. The summed E-state index contributed by atoms with van der Waals surface area (Å²) >= 11 is 1.61. The topological polar surface area (TPSA) is 88.2 Å². The number of aryl methyl sites for hydroxylation is 1. The van der Waals surface area contributed by atoms with Gasteiger partial charge in [0.1, 0.15) is 0 Å². The van der Waals surface area contributed by atoms with Crippen LogP contribution in [0.25, 0.3) is 11.0 Å². The average Bonchev–Trinajstić information content (AvgIpc) is 3.22. The first-order chi connectivity index (χ1) is 16.9. The minimum absolute atomic E-state index is 0.307. The highest BCUT2D eigenvalue weighted by Gasteiger charge is 2.29. The molecule has 4 rings (SSSR count). The highest BCUT2D eigenvalue weighted by atomic mass is 32.2. The fourth-order valence-corrected chi connectivity index (χ4v) is 7.00. The standard InChI is InChI=1S/C26H32N4O3S2/c1-3-33-15-5-14-30-25-12-11-23(35(31,32)29-13-4-6-20(2)18-29)16-24(25)28-26(30)34-19-22-9-7-21(17-27)8-10-22/h7-12,16,20H,3-6,13-15,18-19H2,1-2H3/t20-/m1/s1. The molecular formula is C26H32N4O3S2. The van der Waals surface area contributed by atoms with Gasteiger partial charge in [-0.3, -0.25) is 0 Å². The Morgan fingerprint density at radius 3 is 2.74 bits per heavy atom. The van der Waals surface area contributed by atoms with Crippen LogP contribution in [0.2, 0.25) is 0 Å². The van der Waals surface area contributed by atoms with Gasteiger partial charge in [-0.15, -0.1) is 0 Å². The first-order valence-corrected chi connectivity index (χ1v) is 14.5. The van der Waals surface area contributed by atoms with Gasteiger partial charge in [-0.05, 0) is 68.0 Å². The number of sulfonamides is 1. The third kappa shape index (κ3) is 6.07. The molecule has 0 saturated carbocycles. The van der Waals surface area contributed by atoms with Crippen molar-refractivity contribution in [2.45, 2.75) is 55.5 Å². The van der Waals surface area contributed by atoms with Gasteiger partial charge in [0.25, 0.3) is 0 Å². The summed E-state index contributed by atoms with van der Waals surface area (Å²) in [6.07, 6.45) is 2.81. The Kier molecular flexibility index (Phi) is 8.50. The van der Waals surface area contributed by atoms with Crippen molar-refractivity contribution in [2.24, 2.45) is 5.92 Å². The van der Waals surface area contributed by atoms with E-state index in [1.165, 1.54) is 0 Å². The molecule has 1 aliphatic rings. The SMILES string of the molecule is CCOCCCn1c(SCc2ccc(C#N)cc2)nc2cc(S(=O)(=O)N3CCC[C@@H](C)C3)ccc21. The number of piperidine rings is 1. The van der Waals surface area contributed by atoms with Gasteiger partial charge in [-0.1, -0.05) is 30.8 Å². The molecule has 3 aromatic rings. The molecule has 1 atom stereocenters. The highest BCUT2D eigenvalue weighted by molar-refractivity contribution is 7.98. The van der Waals surface area contributed by atoms with Crippen molar-refractivity contribution in [3.63, 3.8) is 0 Å². The number of fused-ring (bicyclic) bond motifs is 1. The summed E-state index contributed by atoms with van der Waals surface area (Å²) < 4.78 is 35.9. The molecular weight excluding hydrogens is 480 g/mol. The number of ether oxygens (including phenoxy) is 1. The van der Waals surface area contributed by atoms with Crippen LogP contribution in [-0.4, -0.2) is 48.6 Å². The van der Waals surface area contributed by atoms with Gasteiger partial charge in [0, 0.05) is 38.6 Å². The largest absolute Gasteiger partial charge is 0.382 e. The minimum Gasteiger partial charge on any atom is -0.382 e. The molecule has 1 saturated heterocycles. The first-order valence-electron chi connectivity index (χ1n) is 12.1. The molecule has 0 unspecified atom stereocenters. The Bertz CT molecular complexity index is 1300. The lowest BCUT2D eigenvalue weighted by Gasteiger charge is -2.30. The van der Waals surface area contributed by atoms with Crippen molar-refractivity contribution in [2.75, 3.05) is 26.3 Å². The van der Waals surface area contributed by atoms with Crippen molar-refractivity contribution in [1.29, 1.82) is 5.26 Å². The van der Waals surface area contributed by atoms with Crippen molar-refractivity contribution in [3.8, 4) is 6.07 Å². The summed E-state index contributed by atoms with van der Waals surface area (Å²) in [5.74, 6) is 1.08. The number of rotatable bonds is 10. The van der Waals surface area contributed by atoms with E-state index in [0.717, 1.165) is 42.0 Å². The second-order valence-electron chi connectivity index (χ2n) is 8.95. The summed E-state index contributed by atoms with van der Waals surface area (Å²) in [7, 11) is -3.55. The number of nitrogens with zero attached hydrogens (tertiary/aromatic N) is 4. The van der Waals surface area contributed by atoms with Crippen LogP contribution < -0.4 is 0 Å². The van der Waals surface area contributed by atoms with Crippen molar-refractivity contribution >= 4 is 32.8 Å². The third-order valence-corrected chi connectivity index (χ3v) is 9.18. The quantitative estimate of drug-likeness (QED) is 0.279. The number of hydrogen-bond acceptors (Lipinski definition) is 6. The maximum absolute atomic E-state index is 13.3. The molecule has 2 heterocycles. The normalized spacial score (nSPS) is 17.0. The number of imidazole rings is 1. The van der Waals surface area contributed by atoms with E-state index in [4.69, 9.17) is 15.0 Å². The Balaban J connectivity index is 1.61. The van der Waals surface area contributed by atoms with Crippen LogP contribution in [0.5, 0.6) is 0 Å². The van der Waals surface area contributed by atoms with Crippen LogP contribution in [0.4, 0.5) is 0 Å². The summed E-state index contributed by atoms with van der Waals surface area (Å²) in [6, 6.07) is 15.0. The molecule has 1 fully saturated rings. The molecule has 0 amide bonds. The molecule has 186 valence electrons. The minimum atomic E-state index is -3.55. The third-order valence-electron chi connectivity index (χ3n) is 6.27. The second-order valence-corrected chi connectivity index (χ2v) is 11.8. The lowest BCUT2D eigenvalue weighted by Crippen LogP contribution is -2.39. The summed E-state index contributed by atoms with van der Waals surface area (Å²) in [5.41, 5.74) is 3.35. The van der Waals surface area contributed by atoms with E-state index >= 15 is 0 Å². The number of aromatic nitrogens is 2. The van der Waals surface area contributed by atoms with E-state index in [1.54, 1.807) is 28.2 Å². The fourth-order valence-electron chi connectivity index (χ4n) is 4.38. The molecule has 0 bridgehead atoms. The summed E-state index contributed by atoms with van der Waals surface area (Å²) in [4.78, 5) is 5.15. The van der Waals surface area contributed by atoms with E-state index < -0.39 is 10.0 Å². The Labute approximate surface area is 212 Å². The van der Waals surface area contributed by atoms with Crippen LogP contribution in [0.3, 0.4) is 0 Å². The zero-order valence-corrected chi connectivity index (χ0v) is 21.9.